The molecule has 3 heterocycles. The first-order valence-electron chi connectivity index (χ1n) is 8.89. The van der Waals surface area contributed by atoms with Crippen LogP contribution in [0.5, 0.6) is 0 Å². The van der Waals surface area contributed by atoms with E-state index in [0.29, 0.717) is 29.1 Å². The summed E-state index contributed by atoms with van der Waals surface area (Å²) in [6.07, 6.45) is 5.92. The van der Waals surface area contributed by atoms with Crippen LogP contribution >= 0.6 is 0 Å². The number of aryl methyl sites for hydroxylation is 1. The van der Waals surface area contributed by atoms with Crippen LogP contribution in [0.25, 0.3) is 11.5 Å². The molecule has 1 atom stereocenters. The molecule has 1 aliphatic rings. The van der Waals surface area contributed by atoms with Gasteiger partial charge < -0.3 is 9.84 Å². The van der Waals surface area contributed by atoms with Gasteiger partial charge in [-0.15, -0.1) is 5.10 Å². The highest BCUT2D eigenvalue weighted by molar-refractivity contribution is 5.48. The van der Waals surface area contributed by atoms with Crippen molar-refractivity contribution in [3.05, 3.63) is 29.7 Å². The molecule has 0 bridgehead atoms. The molecule has 1 N–H and O–H groups in total. The second-order valence-corrected chi connectivity index (χ2v) is 6.99. The topological polar surface area (TPSA) is 107 Å². The average Bonchev–Trinajstić information content (AvgIpc) is 3.29. The number of hydrogen-bond acceptors (Lipinski definition) is 8. The number of rotatable bonds is 5. The first-order chi connectivity index (χ1) is 12.6. The van der Waals surface area contributed by atoms with E-state index in [1.807, 2.05) is 4.68 Å². The number of nitrogens with zero attached hydrogens (tertiary/aromatic N) is 7. The third-order valence-corrected chi connectivity index (χ3v) is 4.55. The molecule has 0 aliphatic heterocycles. The van der Waals surface area contributed by atoms with E-state index < -0.39 is 0 Å². The lowest BCUT2D eigenvalue weighted by molar-refractivity contribution is 0.335. The number of fused-ring (bicyclic) bond motifs is 1. The van der Waals surface area contributed by atoms with Gasteiger partial charge in [0, 0.05) is 25.9 Å². The Morgan fingerprint density at radius 1 is 1.31 bits per heavy atom. The van der Waals surface area contributed by atoms with Crippen LogP contribution in [0.15, 0.2) is 16.9 Å². The first kappa shape index (κ1) is 16.6. The normalized spacial score (nSPS) is 16.7. The summed E-state index contributed by atoms with van der Waals surface area (Å²) in [6.45, 7) is 5.23. The Balaban J connectivity index is 1.54. The van der Waals surface area contributed by atoms with Crippen molar-refractivity contribution in [2.45, 2.75) is 45.6 Å². The molecule has 1 unspecified atom stereocenters. The fourth-order valence-electron chi connectivity index (χ4n) is 3.21. The number of hydrogen-bond donors (Lipinski definition) is 1. The molecule has 3 aromatic heterocycles. The SMILES string of the molecule is CNc1cnc(-c2noc(C3CCc4nnn(CC(C)C)c4C3)n2)cn1. The summed E-state index contributed by atoms with van der Waals surface area (Å²) in [6, 6.07) is 0. The van der Waals surface area contributed by atoms with E-state index in [-0.39, 0.29) is 5.92 Å². The Hall–Kier alpha value is -2.84. The smallest absolute Gasteiger partial charge is 0.230 e. The lowest BCUT2D eigenvalue weighted by Crippen LogP contribution is -2.18. The fraction of sp³-hybridized carbons (Fsp3) is 0.529. The molecule has 0 amide bonds. The van der Waals surface area contributed by atoms with Crippen LogP contribution in [0.4, 0.5) is 5.82 Å². The number of nitrogens with one attached hydrogen (secondary N) is 1. The summed E-state index contributed by atoms with van der Waals surface area (Å²) in [4.78, 5) is 13.1. The van der Waals surface area contributed by atoms with E-state index in [1.54, 1.807) is 19.4 Å². The van der Waals surface area contributed by atoms with Crippen LogP contribution in [0.3, 0.4) is 0 Å². The molecule has 0 aromatic carbocycles. The monoisotopic (exact) mass is 354 g/mol. The van der Waals surface area contributed by atoms with Gasteiger partial charge in [-0.05, 0) is 18.8 Å². The predicted octanol–water partition coefficient (Wildman–Crippen LogP) is 2.09. The van der Waals surface area contributed by atoms with Gasteiger partial charge in [-0.3, -0.25) is 0 Å². The maximum Gasteiger partial charge on any atom is 0.230 e. The van der Waals surface area contributed by atoms with E-state index in [1.165, 1.54) is 5.69 Å². The predicted molar refractivity (Wildman–Crippen MR) is 94.5 cm³/mol. The average molecular weight is 354 g/mol. The molecule has 0 spiro atoms. The Morgan fingerprint density at radius 3 is 2.92 bits per heavy atom. The summed E-state index contributed by atoms with van der Waals surface area (Å²) in [5.41, 5.74) is 2.88. The quantitative estimate of drug-likeness (QED) is 0.742. The maximum atomic E-state index is 5.53. The molecule has 26 heavy (non-hydrogen) atoms. The summed E-state index contributed by atoms with van der Waals surface area (Å²) in [5, 5.41) is 15.7. The molecular formula is C17H22N8O. The molecular weight excluding hydrogens is 332 g/mol. The zero-order valence-electron chi connectivity index (χ0n) is 15.2. The van der Waals surface area contributed by atoms with E-state index in [4.69, 9.17) is 4.52 Å². The maximum absolute atomic E-state index is 5.53. The van der Waals surface area contributed by atoms with Crippen LogP contribution in [0.1, 0.15) is 43.5 Å². The van der Waals surface area contributed by atoms with Crippen LogP contribution in [-0.4, -0.2) is 42.2 Å². The highest BCUT2D eigenvalue weighted by atomic mass is 16.5. The Bertz CT molecular complexity index is 883. The third-order valence-electron chi connectivity index (χ3n) is 4.55. The van der Waals surface area contributed by atoms with Crippen molar-refractivity contribution < 1.29 is 4.52 Å². The van der Waals surface area contributed by atoms with Crippen molar-refractivity contribution >= 4 is 5.82 Å². The van der Waals surface area contributed by atoms with Gasteiger partial charge in [0.2, 0.25) is 11.7 Å². The molecule has 1 aliphatic carbocycles. The minimum Gasteiger partial charge on any atom is -0.372 e. The second kappa shape index (κ2) is 6.81. The molecule has 9 heteroatoms. The Morgan fingerprint density at radius 2 is 2.19 bits per heavy atom. The molecule has 0 fully saturated rings. The van der Waals surface area contributed by atoms with Crippen molar-refractivity contribution in [2.24, 2.45) is 5.92 Å². The first-order valence-corrected chi connectivity index (χ1v) is 8.89. The van der Waals surface area contributed by atoms with Gasteiger partial charge in [0.1, 0.15) is 11.5 Å². The third kappa shape index (κ3) is 3.16. The van der Waals surface area contributed by atoms with Gasteiger partial charge in [-0.25, -0.2) is 14.6 Å². The summed E-state index contributed by atoms with van der Waals surface area (Å²) >= 11 is 0. The standard InChI is InChI=1S/C17H22N8O/c1-10(2)9-25-14-6-11(4-5-12(14)22-24-25)17-21-16(23-26-17)13-7-20-15(18-3)8-19-13/h7-8,10-11H,4-6,9H2,1-3H3,(H,18,20). The van der Waals surface area contributed by atoms with Crippen LogP contribution in [0.2, 0.25) is 0 Å². The van der Waals surface area contributed by atoms with Gasteiger partial charge in [-0.2, -0.15) is 4.98 Å². The Kier molecular flexibility index (Phi) is 4.36. The van der Waals surface area contributed by atoms with Gasteiger partial charge >= 0.3 is 0 Å². The van der Waals surface area contributed by atoms with Crippen molar-refractivity contribution in [1.29, 1.82) is 0 Å². The highest BCUT2D eigenvalue weighted by Gasteiger charge is 2.29. The number of aromatic nitrogens is 7. The molecule has 0 saturated heterocycles. The highest BCUT2D eigenvalue weighted by Crippen LogP contribution is 2.32. The second-order valence-electron chi connectivity index (χ2n) is 6.99. The molecule has 4 rings (SSSR count). The van der Waals surface area contributed by atoms with E-state index in [2.05, 4.69) is 49.6 Å². The molecule has 9 nitrogen and oxygen atoms in total. The van der Waals surface area contributed by atoms with E-state index >= 15 is 0 Å². The van der Waals surface area contributed by atoms with Crippen LogP contribution in [-0.2, 0) is 19.4 Å². The summed E-state index contributed by atoms with van der Waals surface area (Å²) < 4.78 is 7.55. The van der Waals surface area contributed by atoms with Crippen molar-refractivity contribution in [1.82, 2.24) is 35.1 Å². The summed E-state index contributed by atoms with van der Waals surface area (Å²) in [7, 11) is 1.80. The van der Waals surface area contributed by atoms with Crippen molar-refractivity contribution in [3.8, 4) is 11.5 Å². The molecule has 3 aromatic rings. The zero-order valence-corrected chi connectivity index (χ0v) is 15.2. The van der Waals surface area contributed by atoms with Crippen molar-refractivity contribution in [3.63, 3.8) is 0 Å². The lowest BCUT2D eigenvalue weighted by Gasteiger charge is -2.19. The number of anilines is 1. The fourth-order valence-corrected chi connectivity index (χ4v) is 3.21. The van der Waals surface area contributed by atoms with Crippen LogP contribution < -0.4 is 5.32 Å². The molecule has 0 saturated carbocycles. The van der Waals surface area contributed by atoms with Gasteiger partial charge in [-0.1, -0.05) is 24.2 Å². The largest absolute Gasteiger partial charge is 0.372 e. The minimum absolute atomic E-state index is 0.178. The van der Waals surface area contributed by atoms with Gasteiger partial charge in [0.25, 0.3) is 0 Å². The zero-order chi connectivity index (χ0) is 18.1. The van der Waals surface area contributed by atoms with Crippen LogP contribution in [0, 0.1) is 5.92 Å². The Labute approximate surface area is 151 Å². The van der Waals surface area contributed by atoms with Gasteiger partial charge in [0.05, 0.1) is 23.8 Å². The van der Waals surface area contributed by atoms with Crippen molar-refractivity contribution in [2.75, 3.05) is 12.4 Å². The van der Waals surface area contributed by atoms with Gasteiger partial charge in [0.15, 0.2) is 0 Å². The lowest BCUT2D eigenvalue weighted by atomic mass is 9.89. The molecule has 136 valence electrons. The molecule has 0 radical (unpaired) electrons. The van der Waals surface area contributed by atoms with E-state index in [0.717, 1.165) is 31.5 Å². The van der Waals surface area contributed by atoms with E-state index in [9.17, 15) is 0 Å². The minimum atomic E-state index is 0.178. The summed E-state index contributed by atoms with van der Waals surface area (Å²) in [5.74, 6) is 2.51.